The number of aliphatic carboxylic acids is 1. The zero-order valence-corrected chi connectivity index (χ0v) is 13.5. The number of rotatable bonds is 9. The van der Waals surface area contributed by atoms with E-state index < -0.39 is 12.0 Å². The molecule has 0 aromatic rings. The molecule has 0 aliphatic heterocycles. The molecule has 0 aliphatic rings. The fraction of sp³-hybridized carbons (Fsp3) is 0.600. The molecule has 4 nitrogen and oxygen atoms in total. The topological polar surface area (TPSA) is 66.4 Å². The first-order valence-corrected chi connectivity index (χ1v) is 7.85. The number of carbonyl (C=O) groups is 2. The van der Waals surface area contributed by atoms with Crippen molar-refractivity contribution in [1.29, 1.82) is 0 Å². The molecule has 0 saturated heterocycles. The van der Waals surface area contributed by atoms with E-state index in [1.165, 1.54) is 29.8 Å². The molecule has 20 heavy (non-hydrogen) atoms. The van der Waals surface area contributed by atoms with Crippen LogP contribution in [-0.4, -0.2) is 34.5 Å². The fourth-order valence-corrected chi connectivity index (χ4v) is 2.50. The molecule has 0 aliphatic carbocycles. The van der Waals surface area contributed by atoms with Gasteiger partial charge in [-0.2, -0.15) is 11.8 Å². The maximum atomic E-state index is 10.9. The molecule has 0 spiro atoms. The van der Waals surface area contributed by atoms with E-state index in [0.29, 0.717) is 5.75 Å². The van der Waals surface area contributed by atoms with Gasteiger partial charge in [0.25, 0.3) is 0 Å². The van der Waals surface area contributed by atoms with E-state index in [-0.39, 0.29) is 5.91 Å². The SMILES string of the molecule is CC(=O)NC(CSCC=C(C)CCC=C(C)C)C(=O)O. The quantitative estimate of drug-likeness (QED) is 0.507. The normalized spacial score (nSPS) is 12.7. The van der Waals surface area contributed by atoms with Crippen LogP contribution in [0.1, 0.15) is 40.5 Å². The molecule has 114 valence electrons. The van der Waals surface area contributed by atoms with Gasteiger partial charge < -0.3 is 10.4 Å². The smallest absolute Gasteiger partial charge is 0.327 e. The Balaban J connectivity index is 4.00. The Labute approximate surface area is 125 Å². The Morgan fingerprint density at radius 3 is 2.35 bits per heavy atom. The lowest BCUT2D eigenvalue weighted by molar-refractivity contribution is -0.140. The van der Waals surface area contributed by atoms with Crippen molar-refractivity contribution >= 4 is 23.6 Å². The average Bonchev–Trinajstić information content (AvgIpc) is 2.31. The number of hydrogen-bond donors (Lipinski definition) is 2. The van der Waals surface area contributed by atoms with Gasteiger partial charge in [0.2, 0.25) is 5.91 Å². The monoisotopic (exact) mass is 299 g/mol. The number of allylic oxidation sites excluding steroid dienone is 3. The van der Waals surface area contributed by atoms with Gasteiger partial charge in [0, 0.05) is 18.4 Å². The predicted octanol–water partition coefficient (Wildman–Crippen LogP) is 3.00. The van der Waals surface area contributed by atoms with Gasteiger partial charge in [0.05, 0.1) is 0 Å². The summed E-state index contributed by atoms with van der Waals surface area (Å²) in [6.45, 7) is 7.59. The van der Waals surface area contributed by atoms with E-state index in [9.17, 15) is 9.59 Å². The van der Waals surface area contributed by atoms with Crippen molar-refractivity contribution in [1.82, 2.24) is 5.32 Å². The summed E-state index contributed by atoms with van der Waals surface area (Å²) in [5.41, 5.74) is 2.63. The third kappa shape index (κ3) is 10.7. The highest BCUT2D eigenvalue weighted by Gasteiger charge is 2.17. The molecule has 0 radical (unpaired) electrons. The van der Waals surface area contributed by atoms with E-state index in [1.807, 2.05) is 0 Å². The fourth-order valence-electron chi connectivity index (χ4n) is 1.50. The lowest BCUT2D eigenvalue weighted by Gasteiger charge is -2.12. The Morgan fingerprint density at radius 2 is 1.85 bits per heavy atom. The van der Waals surface area contributed by atoms with Crippen molar-refractivity contribution < 1.29 is 14.7 Å². The molecule has 1 amide bonds. The van der Waals surface area contributed by atoms with Crippen LogP contribution in [0.5, 0.6) is 0 Å². The lowest BCUT2D eigenvalue weighted by atomic mass is 10.1. The van der Waals surface area contributed by atoms with Crippen molar-refractivity contribution in [2.45, 2.75) is 46.6 Å². The second kappa shape index (κ2) is 10.5. The zero-order chi connectivity index (χ0) is 15.5. The number of hydrogen-bond acceptors (Lipinski definition) is 3. The van der Waals surface area contributed by atoms with E-state index >= 15 is 0 Å². The van der Waals surface area contributed by atoms with Gasteiger partial charge in [0.15, 0.2) is 0 Å². The molecular formula is C15H25NO3S. The minimum atomic E-state index is -0.989. The van der Waals surface area contributed by atoms with Gasteiger partial charge in [-0.25, -0.2) is 4.79 Å². The largest absolute Gasteiger partial charge is 0.480 e. The molecule has 0 heterocycles. The Morgan fingerprint density at radius 1 is 1.20 bits per heavy atom. The lowest BCUT2D eigenvalue weighted by Crippen LogP contribution is -2.41. The summed E-state index contributed by atoms with van der Waals surface area (Å²) in [5.74, 6) is -0.153. The van der Waals surface area contributed by atoms with E-state index in [1.54, 1.807) is 0 Å². The highest BCUT2D eigenvalue weighted by Crippen LogP contribution is 2.10. The molecular weight excluding hydrogens is 274 g/mol. The van der Waals surface area contributed by atoms with Crippen LogP contribution >= 0.6 is 11.8 Å². The third-order valence-electron chi connectivity index (χ3n) is 2.60. The number of carbonyl (C=O) groups excluding carboxylic acids is 1. The summed E-state index contributed by atoms with van der Waals surface area (Å²) in [5, 5.41) is 11.4. The standard InChI is InChI=1S/C15H25NO3S/c1-11(2)6-5-7-12(3)8-9-20-10-14(15(18)19)16-13(4)17/h6,8,14H,5,7,9-10H2,1-4H3,(H,16,17)(H,18,19). The Hall–Kier alpha value is -1.23. The maximum Gasteiger partial charge on any atom is 0.327 e. The second-order valence-electron chi connectivity index (χ2n) is 5.00. The molecule has 1 unspecified atom stereocenters. The van der Waals surface area contributed by atoms with Crippen molar-refractivity contribution in [3.8, 4) is 0 Å². The van der Waals surface area contributed by atoms with Crippen LogP contribution < -0.4 is 5.32 Å². The van der Waals surface area contributed by atoms with Crippen LogP contribution in [0, 0.1) is 0 Å². The summed E-state index contributed by atoms with van der Waals surface area (Å²) in [6, 6.07) is -0.808. The van der Waals surface area contributed by atoms with Crippen molar-refractivity contribution in [2.24, 2.45) is 0 Å². The highest BCUT2D eigenvalue weighted by molar-refractivity contribution is 7.99. The first-order chi connectivity index (χ1) is 9.32. The van der Waals surface area contributed by atoms with Gasteiger partial charge in [-0.15, -0.1) is 0 Å². The van der Waals surface area contributed by atoms with Gasteiger partial charge in [-0.05, 0) is 33.6 Å². The molecule has 0 rings (SSSR count). The Bertz CT molecular complexity index is 385. The molecule has 0 aromatic carbocycles. The maximum absolute atomic E-state index is 10.9. The Kier molecular flexibility index (Phi) is 9.90. The van der Waals surface area contributed by atoms with Crippen molar-refractivity contribution in [3.63, 3.8) is 0 Å². The molecule has 0 bridgehead atoms. The predicted molar refractivity (Wildman–Crippen MR) is 85.0 cm³/mol. The van der Waals surface area contributed by atoms with Crippen LogP contribution in [0.4, 0.5) is 0 Å². The summed E-state index contributed by atoms with van der Waals surface area (Å²) in [4.78, 5) is 21.8. The van der Waals surface area contributed by atoms with Crippen LogP contribution in [0.3, 0.4) is 0 Å². The van der Waals surface area contributed by atoms with Gasteiger partial charge in [-0.1, -0.05) is 23.3 Å². The van der Waals surface area contributed by atoms with Gasteiger partial charge in [-0.3, -0.25) is 4.79 Å². The minimum absolute atomic E-state index is 0.313. The first-order valence-electron chi connectivity index (χ1n) is 6.69. The molecule has 2 N–H and O–H groups in total. The van der Waals surface area contributed by atoms with E-state index in [2.05, 4.69) is 38.2 Å². The van der Waals surface area contributed by atoms with E-state index in [0.717, 1.165) is 18.6 Å². The number of nitrogens with one attached hydrogen (secondary N) is 1. The van der Waals surface area contributed by atoms with Crippen molar-refractivity contribution in [3.05, 3.63) is 23.3 Å². The number of thioether (sulfide) groups is 1. The van der Waals surface area contributed by atoms with Crippen LogP contribution in [0.25, 0.3) is 0 Å². The summed E-state index contributed by atoms with van der Waals surface area (Å²) >= 11 is 1.51. The summed E-state index contributed by atoms with van der Waals surface area (Å²) in [7, 11) is 0. The molecule has 1 atom stereocenters. The molecule has 5 heteroatoms. The minimum Gasteiger partial charge on any atom is -0.480 e. The molecule has 0 saturated carbocycles. The average molecular weight is 299 g/mol. The number of amides is 1. The second-order valence-corrected chi connectivity index (χ2v) is 6.07. The van der Waals surface area contributed by atoms with Crippen LogP contribution in [-0.2, 0) is 9.59 Å². The summed E-state index contributed by atoms with van der Waals surface area (Å²) < 4.78 is 0. The van der Waals surface area contributed by atoms with Gasteiger partial charge >= 0.3 is 5.97 Å². The van der Waals surface area contributed by atoms with Crippen molar-refractivity contribution in [2.75, 3.05) is 11.5 Å². The van der Waals surface area contributed by atoms with Crippen LogP contribution in [0.2, 0.25) is 0 Å². The van der Waals surface area contributed by atoms with Crippen LogP contribution in [0.15, 0.2) is 23.3 Å². The summed E-state index contributed by atoms with van der Waals surface area (Å²) in [6.07, 6.45) is 6.40. The zero-order valence-electron chi connectivity index (χ0n) is 12.7. The number of carboxylic acids is 1. The van der Waals surface area contributed by atoms with Gasteiger partial charge in [0.1, 0.15) is 6.04 Å². The third-order valence-corrected chi connectivity index (χ3v) is 3.57. The first kappa shape index (κ1) is 18.8. The molecule has 0 aromatic heterocycles. The number of carboxylic acid groups (broad SMARTS) is 1. The highest BCUT2D eigenvalue weighted by atomic mass is 32.2. The van der Waals surface area contributed by atoms with E-state index in [4.69, 9.17) is 5.11 Å². The molecule has 0 fully saturated rings.